The molecule has 1 aromatic carbocycles. The second kappa shape index (κ2) is 4.57. The van der Waals surface area contributed by atoms with Gasteiger partial charge in [-0.05, 0) is 12.1 Å². The molecule has 0 saturated carbocycles. The summed E-state index contributed by atoms with van der Waals surface area (Å²) in [5.74, 6) is -0.763. The lowest BCUT2D eigenvalue weighted by molar-refractivity contribution is -0.118. The number of carbonyl (C=O) groups excluding carboxylic acids is 1. The SMILES string of the molecule is COc1ccc(F)cc1NC(=O)CO. The molecular formula is C9H10FNO3. The zero-order valence-electron chi connectivity index (χ0n) is 7.58. The summed E-state index contributed by atoms with van der Waals surface area (Å²) < 4.78 is 17.7. The van der Waals surface area contributed by atoms with E-state index < -0.39 is 18.3 Å². The van der Waals surface area contributed by atoms with Gasteiger partial charge in [0.25, 0.3) is 0 Å². The number of anilines is 1. The van der Waals surface area contributed by atoms with E-state index in [1.54, 1.807) is 0 Å². The van der Waals surface area contributed by atoms with Gasteiger partial charge in [-0.1, -0.05) is 0 Å². The minimum Gasteiger partial charge on any atom is -0.495 e. The first-order valence-corrected chi connectivity index (χ1v) is 3.91. The van der Waals surface area contributed by atoms with Crippen LogP contribution in [0.5, 0.6) is 5.75 Å². The van der Waals surface area contributed by atoms with E-state index in [1.165, 1.54) is 19.2 Å². The van der Waals surface area contributed by atoms with Crippen molar-refractivity contribution in [3.05, 3.63) is 24.0 Å². The molecule has 4 nitrogen and oxygen atoms in total. The molecule has 0 atom stereocenters. The fraction of sp³-hybridized carbons (Fsp3) is 0.222. The van der Waals surface area contributed by atoms with Gasteiger partial charge in [-0.3, -0.25) is 4.79 Å². The van der Waals surface area contributed by atoms with E-state index in [2.05, 4.69) is 5.32 Å². The van der Waals surface area contributed by atoms with Crippen LogP contribution in [0.1, 0.15) is 0 Å². The molecule has 0 aliphatic carbocycles. The Kier molecular flexibility index (Phi) is 3.41. The molecule has 2 N–H and O–H groups in total. The zero-order valence-corrected chi connectivity index (χ0v) is 7.58. The first kappa shape index (κ1) is 10.5. The van der Waals surface area contributed by atoms with Gasteiger partial charge < -0.3 is 15.2 Å². The third-order valence-corrected chi connectivity index (χ3v) is 1.58. The van der Waals surface area contributed by atoms with Crippen LogP contribution in [0.2, 0.25) is 0 Å². The minimum absolute atomic E-state index is 0.201. The molecule has 0 saturated heterocycles. The van der Waals surface area contributed by atoms with Crippen LogP contribution in [0.25, 0.3) is 0 Å². The lowest BCUT2D eigenvalue weighted by Gasteiger charge is -2.08. The number of methoxy groups -OCH3 is 1. The molecule has 0 heterocycles. The average molecular weight is 199 g/mol. The van der Waals surface area contributed by atoms with Crippen molar-refractivity contribution in [1.82, 2.24) is 0 Å². The number of rotatable bonds is 3. The molecular weight excluding hydrogens is 189 g/mol. The second-order valence-corrected chi connectivity index (χ2v) is 2.55. The predicted molar refractivity (Wildman–Crippen MR) is 48.7 cm³/mol. The topological polar surface area (TPSA) is 58.6 Å². The van der Waals surface area contributed by atoms with Gasteiger partial charge >= 0.3 is 0 Å². The lowest BCUT2D eigenvalue weighted by Crippen LogP contribution is -2.16. The number of aliphatic hydroxyl groups is 1. The van der Waals surface area contributed by atoms with Crippen LogP contribution in [-0.4, -0.2) is 24.7 Å². The summed E-state index contributed by atoms with van der Waals surface area (Å²) in [5.41, 5.74) is 0.201. The van der Waals surface area contributed by atoms with Crippen LogP contribution in [0, 0.1) is 5.82 Å². The Morgan fingerprint density at radius 3 is 2.93 bits per heavy atom. The van der Waals surface area contributed by atoms with E-state index in [0.717, 1.165) is 6.07 Å². The molecule has 5 heteroatoms. The molecule has 0 aromatic heterocycles. The van der Waals surface area contributed by atoms with Crippen LogP contribution in [0.3, 0.4) is 0 Å². The fourth-order valence-electron chi connectivity index (χ4n) is 0.968. The molecule has 0 bridgehead atoms. The molecule has 0 aliphatic heterocycles. The number of nitrogens with one attached hydrogen (secondary N) is 1. The Bertz CT molecular complexity index is 341. The fourth-order valence-corrected chi connectivity index (χ4v) is 0.968. The smallest absolute Gasteiger partial charge is 0.250 e. The highest BCUT2D eigenvalue weighted by atomic mass is 19.1. The molecule has 0 radical (unpaired) electrons. The van der Waals surface area contributed by atoms with Crippen LogP contribution in [-0.2, 0) is 4.79 Å². The largest absolute Gasteiger partial charge is 0.495 e. The van der Waals surface area contributed by atoms with Crippen LogP contribution >= 0.6 is 0 Å². The van der Waals surface area contributed by atoms with Gasteiger partial charge in [0.05, 0.1) is 12.8 Å². The quantitative estimate of drug-likeness (QED) is 0.755. The molecule has 1 amide bonds. The van der Waals surface area contributed by atoms with E-state index in [1.807, 2.05) is 0 Å². The number of amides is 1. The molecule has 1 rings (SSSR count). The van der Waals surface area contributed by atoms with Crippen LogP contribution in [0.4, 0.5) is 10.1 Å². The molecule has 0 fully saturated rings. The summed E-state index contributed by atoms with van der Waals surface area (Å²) in [6, 6.07) is 3.72. The summed E-state index contributed by atoms with van der Waals surface area (Å²) in [4.78, 5) is 10.8. The summed E-state index contributed by atoms with van der Waals surface area (Å²) >= 11 is 0. The number of ether oxygens (including phenoxy) is 1. The van der Waals surface area contributed by atoms with Crippen LogP contribution < -0.4 is 10.1 Å². The normalized spacial score (nSPS) is 9.64. The Morgan fingerprint density at radius 1 is 1.64 bits per heavy atom. The molecule has 0 unspecified atom stereocenters. The highest BCUT2D eigenvalue weighted by molar-refractivity contribution is 5.92. The third-order valence-electron chi connectivity index (χ3n) is 1.58. The standard InChI is InChI=1S/C9H10FNO3/c1-14-8-3-2-6(10)4-7(8)11-9(13)5-12/h2-4,12H,5H2,1H3,(H,11,13). The number of halogens is 1. The Hall–Kier alpha value is -1.62. The van der Waals surface area contributed by atoms with Gasteiger partial charge in [-0.2, -0.15) is 0 Å². The number of hydrogen-bond donors (Lipinski definition) is 2. The summed E-state index contributed by atoms with van der Waals surface area (Å²) in [6.45, 7) is -0.653. The Morgan fingerprint density at radius 2 is 2.36 bits per heavy atom. The van der Waals surface area contributed by atoms with Gasteiger partial charge in [0.1, 0.15) is 18.2 Å². The number of benzene rings is 1. The monoisotopic (exact) mass is 199 g/mol. The summed E-state index contributed by atoms with van der Waals surface area (Å²) in [6.07, 6.45) is 0. The minimum atomic E-state index is -0.653. The maximum Gasteiger partial charge on any atom is 0.250 e. The molecule has 0 aliphatic rings. The Labute approximate surface area is 80.3 Å². The van der Waals surface area contributed by atoms with E-state index in [4.69, 9.17) is 9.84 Å². The molecule has 14 heavy (non-hydrogen) atoms. The van der Waals surface area contributed by atoms with Crippen molar-refractivity contribution in [2.24, 2.45) is 0 Å². The highest BCUT2D eigenvalue weighted by Gasteiger charge is 2.07. The maximum atomic E-state index is 12.8. The van der Waals surface area contributed by atoms with Crippen molar-refractivity contribution >= 4 is 11.6 Å². The number of carbonyl (C=O) groups is 1. The molecule has 76 valence electrons. The average Bonchev–Trinajstić information content (AvgIpc) is 2.18. The molecule has 0 spiro atoms. The number of hydrogen-bond acceptors (Lipinski definition) is 3. The van der Waals surface area contributed by atoms with Crippen molar-refractivity contribution in [3.8, 4) is 5.75 Å². The lowest BCUT2D eigenvalue weighted by atomic mass is 10.3. The van der Waals surface area contributed by atoms with Gasteiger partial charge in [0.15, 0.2) is 0 Å². The highest BCUT2D eigenvalue weighted by Crippen LogP contribution is 2.24. The Balaban J connectivity index is 2.93. The maximum absolute atomic E-state index is 12.8. The molecule has 1 aromatic rings. The van der Waals surface area contributed by atoms with Crippen molar-refractivity contribution in [2.45, 2.75) is 0 Å². The van der Waals surface area contributed by atoms with Crippen molar-refractivity contribution in [1.29, 1.82) is 0 Å². The van der Waals surface area contributed by atoms with E-state index >= 15 is 0 Å². The van der Waals surface area contributed by atoms with Crippen molar-refractivity contribution in [3.63, 3.8) is 0 Å². The van der Waals surface area contributed by atoms with Gasteiger partial charge in [-0.25, -0.2) is 4.39 Å². The van der Waals surface area contributed by atoms with Crippen molar-refractivity contribution < 1.29 is 19.0 Å². The summed E-state index contributed by atoms with van der Waals surface area (Å²) in [5, 5.41) is 10.8. The first-order valence-electron chi connectivity index (χ1n) is 3.91. The predicted octanol–water partition coefficient (Wildman–Crippen LogP) is 0.765. The van der Waals surface area contributed by atoms with Crippen molar-refractivity contribution in [2.75, 3.05) is 19.0 Å². The van der Waals surface area contributed by atoms with Crippen LogP contribution in [0.15, 0.2) is 18.2 Å². The second-order valence-electron chi connectivity index (χ2n) is 2.55. The van der Waals surface area contributed by atoms with Gasteiger partial charge in [0, 0.05) is 6.07 Å². The van der Waals surface area contributed by atoms with E-state index in [9.17, 15) is 9.18 Å². The zero-order chi connectivity index (χ0) is 10.6. The van der Waals surface area contributed by atoms with E-state index in [-0.39, 0.29) is 5.69 Å². The summed E-state index contributed by atoms with van der Waals surface area (Å²) in [7, 11) is 1.40. The number of aliphatic hydroxyl groups excluding tert-OH is 1. The van der Waals surface area contributed by atoms with Gasteiger partial charge in [0.2, 0.25) is 5.91 Å². The van der Waals surface area contributed by atoms with E-state index in [0.29, 0.717) is 5.75 Å². The first-order chi connectivity index (χ1) is 6.67. The van der Waals surface area contributed by atoms with Gasteiger partial charge in [-0.15, -0.1) is 0 Å². The third kappa shape index (κ3) is 2.43.